The Hall–Kier alpha value is -1.12. The third kappa shape index (κ3) is 3.75. The standard InChI is InChI=1S/C16H20F3N3S2/c1-10-5-3-4-6-22(10)8-13-14(21-15(20-2)24-13)12-7-11(9-23-12)16(17,18)19/h7,9-10H,3-6,8H2,1-2H3,(H,20,21). The second-order valence-electron chi connectivity index (χ2n) is 6.05. The summed E-state index contributed by atoms with van der Waals surface area (Å²) in [5.41, 5.74) is 0.0846. The van der Waals surface area contributed by atoms with Crippen molar-refractivity contribution in [2.24, 2.45) is 0 Å². The minimum atomic E-state index is -4.31. The number of aromatic nitrogens is 1. The molecule has 1 aliphatic heterocycles. The monoisotopic (exact) mass is 375 g/mol. The maximum absolute atomic E-state index is 12.9. The SMILES string of the molecule is CNc1nc(-c2cc(C(F)(F)F)cs2)c(CN2CCCCC2C)s1. The molecule has 2 aromatic rings. The number of alkyl halides is 3. The molecule has 132 valence electrons. The predicted molar refractivity (Wildman–Crippen MR) is 93.7 cm³/mol. The fourth-order valence-corrected chi connectivity index (χ4v) is 4.90. The Balaban J connectivity index is 1.90. The minimum absolute atomic E-state index is 0.501. The van der Waals surface area contributed by atoms with Crippen LogP contribution in [0.1, 0.15) is 36.6 Å². The van der Waals surface area contributed by atoms with E-state index in [9.17, 15) is 13.2 Å². The van der Waals surface area contributed by atoms with Crippen molar-refractivity contribution in [1.29, 1.82) is 0 Å². The molecule has 1 atom stereocenters. The lowest BCUT2D eigenvalue weighted by Gasteiger charge is -2.32. The van der Waals surface area contributed by atoms with Crippen LogP contribution in [0.3, 0.4) is 0 Å². The highest BCUT2D eigenvalue weighted by Gasteiger charge is 2.32. The van der Waals surface area contributed by atoms with Crippen LogP contribution in [0.2, 0.25) is 0 Å². The maximum Gasteiger partial charge on any atom is 0.417 e. The summed E-state index contributed by atoms with van der Waals surface area (Å²) in [6.45, 7) is 3.99. The van der Waals surface area contributed by atoms with Crippen LogP contribution in [0, 0.1) is 0 Å². The van der Waals surface area contributed by atoms with Gasteiger partial charge in [0, 0.05) is 29.9 Å². The maximum atomic E-state index is 12.9. The van der Waals surface area contributed by atoms with Crippen molar-refractivity contribution in [3.63, 3.8) is 0 Å². The smallest absolute Gasteiger partial charge is 0.365 e. The van der Waals surface area contributed by atoms with Crippen LogP contribution in [0.4, 0.5) is 18.3 Å². The van der Waals surface area contributed by atoms with Crippen molar-refractivity contribution in [3.05, 3.63) is 21.9 Å². The van der Waals surface area contributed by atoms with Gasteiger partial charge < -0.3 is 5.32 Å². The average molecular weight is 375 g/mol. The molecule has 0 bridgehead atoms. The van der Waals surface area contributed by atoms with Crippen LogP contribution in [-0.4, -0.2) is 29.5 Å². The van der Waals surface area contributed by atoms with Gasteiger partial charge in [-0.15, -0.1) is 22.7 Å². The van der Waals surface area contributed by atoms with Gasteiger partial charge in [-0.1, -0.05) is 6.42 Å². The van der Waals surface area contributed by atoms with Gasteiger partial charge in [0.2, 0.25) is 0 Å². The van der Waals surface area contributed by atoms with Crippen molar-refractivity contribution in [3.8, 4) is 10.6 Å². The summed E-state index contributed by atoms with van der Waals surface area (Å²) < 4.78 is 38.6. The molecule has 3 heterocycles. The number of rotatable bonds is 4. The number of thiophene rings is 1. The van der Waals surface area contributed by atoms with Gasteiger partial charge in [0.1, 0.15) is 0 Å². The van der Waals surface area contributed by atoms with Crippen LogP contribution >= 0.6 is 22.7 Å². The fraction of sp³-hybridized carbons (Fsp3) is 0.562. The highest BCUT2D eigenvalue weighted by molar-refractivity contribution is 7.17. The first kappa shape index (κ1) is 17.7. The van der Waals surface area contributed by atoms with E-state index in [0.717, 1.165) is 34.4 Å². The van der Waals surface area contributed by atoms with E-state index in [1.165, 1.54) is 42.0 Å². The van der Waals surface area contributed by atoms with E-state index in [4.69, 9.17) is 0 Å². The van der Waals surface area contributed by atoms with E-state index >= 15 is 0 Å². The first-order valence-corrected chi connectivity index (χ1v) is 9.65. The number of hydrogen-bond donors (Lipinski definition) is 1. The van der Waals surface area contributed by atoms with E-state index in [1.807, 2.05) is 0 Å². The molecule has 1 aliphatic rings. The minimum Gasteiger partial charge on any atom is -0.365 e. The summed E-state index contributed by atoms with van der Waals surface area (Å²) >= 11 is 2.64. The summed E-state index contributed by atoms with van der Waals surface area (Å²) in [5, 5.41) is 4.92. The summed E-state index contributed by atoms with van der Waals surface area (Å²) in [6.07, 6.45) is -0.716. The molecule has 8 heteroatoms. The first-order valence-electron chi connectivity index (χ1n) is 7.96. The molecule has 0 aromatic carbocycles. The third-order valence-corrected chi connectivity index (χ3v) is 6.35. The molecule has 0 radical (unpaired) electrons. The van der Waals surface area contributed by atoms with Gasteiger partial charge in [-0.05, 0) is 32.4 Å². The van der Waals surface area contributed by atoms with Crippen LogP contribution in [-0.2, 0) is 12.7 Å². The molecule has 3 nitrogen and oxygen atoms in total. The summed E-state index contributed by atoms with van der Waals surface area (Å²) in [6, 6.07) is 1.71. The predicted octanol–water partition coefficient (Wildman–Crippen LogP) is 5.31. The molecule has 1 N–H and O–H groups in total. The molecule has 2 aromatic heterocycles. The van der Waals surface area contributed by atoms with E-state index < -0.39 is 11.7 Å². The molecule has 24 heavy (non-hydrogen) atoms. The van der Waals surface area contributed by atoms with Gasteiger partial charge >= 0.3 is 6.18 Å². The molecule has 0 spiro atoms. The van der Waals surface area contributed by atoms with Crippen LogP contribution in [0.25, 0.3) is 10.6 Å². The lowest BCUT2D eigenvalue weighted by molar-refractivity contribution is -0.137. The number of hydrogen-bond acceptors (Lipinski definition) is 5. The number of halogens is 3. The number of piperidine rings is 1. The largest absolute Gasteiger partial charge is 0.417 e. The Morgan fingerprint density at radius 3 is 2.79 bits per heavy atom. The molecule has 1 unspecified atom stereocenters. The van der Waals surface area contributed by atoms with Gasteiger partial charge in [0.05, 0.1) is 16.1 Å². The molecule has 0 saturated carbocycles. The molecule has 0 aliphatic carbocycles. The number of likely N-dealkylation sites (tertiary alicyclic amines) is 1. The summed E-state index contributed by atoms with van der Waals surface area (Å²) in [4.78, 5) is 8.52. The molecule has 1 saturated heterocycles. The lowest BCUT2D eigenvalue weighted by Crippen LogP contribution is -2.36. The number of nitrogens with one attached hydrogen (secondary N) is 1. The van der Waals surface area contributed by atoms with Crippen LogP contribution in [0.5, 0.6) is 0 Å². The third-order valence-electron chi connectivity index (χ3n) is 4.36. The fourth-order valence-electron chi connectivity index (χ4n) is 2.94. The van der Waals surface area contributed by atoms with Gasteiger partial charge in [0.15, 0.2) is 5.13 Å². The summed E-state index contributed by atoms with van der Waals surface area (Å²) in [5.74, 6) is 0. The zero-order valence-electron chi connectivity index (χ0n) is 13.6. The van der Waals surface area contributed by atoms with Gasteiger partial charge in [-0.2, -0.15) is 13.2 Å². The molecular formula is C16H20F3N3S2. The first-order chi connectivity index (χ1) is 11.4. The highest BCUT2D eigenvalue weighted by atomic mass is 32.1. The Labute approximate surface area is 147 Å². The van der Waals surface area contributed by atoms with Gasteiger partial charge in [0.25, 0.3) is 0 Å². The number of anilines is 1. The van der Waals surface area contributed by atoms with Crippen LogP contribution < -0.4 is 5.32 Å². The molecule has 1 fully saturated rings. The van der Waals surface area contributed by atoms with Crippen molar-refractivity contribution in [2.45, 2.75) is 44.9 Å². The molecule has 0 amide bonds. The van der Waals surface area contributed by atoms with E-state index in [0.29, 0.717) is 16.6 Å². The van der Waals surface area contributed by atoms with Gasteiger partial charge in [-0.3, -0.25) is 4.90 Å². The van der Waals surface area contributed by atoms with Crippen molar-refractivity contribution in [1.82, 2.24) is 9.88 Å². The van der Waals surface area contributed by atoms with E-state index in [2.05, 4.69) is 22.1 Å². The lowest BCUT2D eigenvalue weighted by atomic mass is 10.0. The topological polar surface area (TPSA) is 28.2 Å². The zero-order chi connectivity index (χ0) is 17.3. The zero-order valence-corrected chi connectivity index (χ0v) is 15.2. The number of nitrogens with zero attached hydrogens (tertiary/aromatic N) is 2. The summed E-state index contributed by atoms with van der Waals surface area (Å²) in [7, 11) is 1.78. The van der Waals surface area contributed by atoms with Crippen molar-refractivity contribution < 1.29 is 13.2 Å². The second-order valence-corrected chi connectivity index (χ2v) is 8.05. The van der Waals surface area contributed by atoms with Crippen LogP contribution in [0.15, 0.2) is 11.4 Å². The van der Waals surface area contributed by atoms with E-state index in [-0.39, 0.29) is 0 Å². The average Bonchev–Trinajstić information content (AvgIpc) is 3.15. The Morgan fingerprint density at radius 2 is 2.17 bits per heavy atom. The second kappa shape index (κ2) is 7.01. The molecular weight excluding hydrogens is 355 g/mol. The normalized spacial score (nSPS) is 19.6. The quantitative estimate of drug-likeness (QED) is 0.785. The van der Waals surface area contributed by atoms with Gasteiger partial charge in [-0.25, -0.2) is 4.98 Å². The van der Waals surface area contributed by atoms with Crippen molar-refractivity contribution in [2.75, 3.05) is 18.9 Å². The Morgan fingerprint density at radius 1 is 1.38 bits per heavy atom. The Bertz CT molecular complexity index is 693. The highest BCUT2D eigenvalue weighted by Crippen LogP contribution is 2.40. The Kier molecular flexibility index (Phi) is 5.17. The van der Waals surface area contributed by atoms with Crippen molar-refractivity contribution >= 4 is 27.8 Å². The molecule has 3 rings (SSSR count). The van der Waals surface area contributed by atoms with E-state index in [1.54, 1.807) is 7.05 Å². The number of thiazole rings is 1.